The topological polar surface area (TPSA) is 6.48 Å². The van der Waals surface area contributed by atoms with E-state index in [0.717, 1.165) is 18.0 Å². The van der Waals surface area contributed by atoms with Crippen LogP contribution in [0.15, 0.2) is 0 Å². The molecular weight excluding hydrogens is 160 g/mol. The van der Waals surface area contributed by atoms with Crippen LogP contribution in [0.4, 0.5) is 0 Å². The van der Waals surface area contributed by atoms with Crippen molar-refractivity contribution in [2.45, 2.75) is 39.3 Å². The molecular formula is C11H22N2. The third kappa shape index (κ3) is 1.62. The van der Waals surface area contributed by atoms with Gasteiger partial charge in [0.25, 0.3) is 0 Å². The summed E-state index contributed by atoms with van der Waals surface area (Å²) in [5.74, 6) is 0.974. The molecule has 2 fully saturated rings. The predicted molar refractivity (Wildman–Crippen MR) is 55.9 cm³/mol. The van der Waals surface area contributed by atoms with Gasteiger partial charge in [0.05, 0.1) is 0 Å². The van der Waals surface area contributed by atoms with Crippen LogP contribution >= 0.6 is 0 Å². The fourth-order valence-corrected chi connectivity index (χ4v) is 2.98. The number of likely N-dealkylation sites (tertiary alicyclic amines) is 2. The highest BCUT2D eigenvalue weighted by Crippen LogP contribution is 2.32. The highest BCUT2D eigenvalue weighted by Gasteiger charge is 2.41. The third-order valence-corrected chi connectivity index (χ3v) is 3.78. The lowest BCUT2D eigenvalue weighted by Gasteiger charge is -2.28. The molecule has 0 aromatic rings. The van der Waals surface area contributed by atoms with E-state index in [4.69, 9.17) is 0 Å². The lowest BCUT2D eigenvalue weighted by atomic mass is 10.0. The fraction of sp³-hybridized carbons (Fsp3) is 1.00. The van der Waals surface area contributed by atoms with Crippen molar-refractivity contribution in [3.8, 4) is 0 Å². The van der Waals surface area contributed by atoms with E-state index in [9.17, 15) is 0 Å². The van der Waals surface area contributed by atoms with Gasteiger partial charge in [0.15, 0.2) is 0 Å². The maximum Gasteiger partial charge on any atom is 0.0266 e. The lowest BCUT2D eigenvalue weighted by Crippen LogP contribution is -2.39. The Balaban J connectivity index is 1.99. The molecule has 0 radical (unpaired) electrons. The van der Waals surface area contributed by atoms with Crippen molar-refractivity contribution in [2.24, 2.45) is 5.92 Å². The van der Waals surface area contributed by atoms with Gasteiger partial charge in [-0.2, -0.15) is 0 Å². The summed E-state index contributed by atoms with van der Waals surface area (Å²) in [7, 11) is 0. The Morgan fingerprint density at radius 2 is 2.08 bits per heavy atom. The molecule has 0 amide bonds. The van der Waals surface area contributed by atoms with Gasteiger partial charge >= 0.3 is 0 Å². The second-order valence-electron chi connectivity index (χ2n) is 4.80. The number of likely N-dealkylation sites (N-methyl/N-ethyl adjacent to an activating group) is 1. The molecule has 2 aliphatic rings. The van der Waals surface area contributed by atoms with Crippen LogP contribution in [0.5, 0.6) is 0 Å². The largest absolute Gasteiger partial charge is 0.302 e. The molecule has 0 aromatic carbocycles. The first-order valence-electron chi connectivity index (χ1n) is 5.70. The predicted octanol–water partition coefficient (Wildman–Crippen LogP) is 1.42. The molecule has 2 heteroatoms. The highest BCUT2D eigenvalue weighted by atomic mass is 15.3. The number of rotatable bonds is 2. The van der Waals surface area contributed by atoms with E-state index in [1.165, 1.54) is 32.6 Å². The fourth-order valence-electron chi connectivity index (χ4n) is 2.98. The van der Waals surface area contributed by atoms with Crippen LogP contribution in [0.2, 0.25) is 0 Å². The van der Waals surface area contributed by atoms with Gasteiger partial charge in [0.1, 0.15) is 0 Å². The van der Waals surface area contributed by atoms with Crippen molar-refractivity contribution in [3.63, 3.8) is 0 Å². The first-order chi connectivity index (χ1) is 6.22. The summed E-state index contributed by atoms with van der Waals surface area (Å²) in [6.07, 6.45) is 1.43. The molecule has 13 heavy (non-hydrogen) atoms. The van der Waals surface area contributed by atoms with Gasteiger partial charge < -0.3 is 4.90 Å². The Bertz CT molecular complexity index is 179. The summed E-state index contributed by atoms with van der Waals surface area (Å²) in [5, 5.41) is 0. The molecule has 0 aliphatic carbocycles. The third-order valence-electron chi connectivity index (χ3n) is 3.78. The Kier molecular flexibility index (Phi) is 2.61. The van der Waals surface area contributed by atoms with Gasteiger partial charge in [-0.25, -0.2) is 0 Å². The van der Waals surface area contributed by atoms with E-state index in [-0.39, 0.29) is 0 Å². The molecule has 0 aromatic heterocycles. The van der Waals surface area contributed by atoms with E-state index in [0.29, 0.717) is 0 Å². The van der Waals surface area contributed by atoms with E-state index in [2.05, 4.69) is 30.6 Å². The van der Waals surface area contributed by atoms with E-state index in [1.54, 1.807) is 0 Å². The van der Waals surface area contributed by atoms with Crippen molar-refractivity contribution in [1.29, 1.82) is 0 Å². The highest BCUT2D eigenvalue weighted by molar-refractivity contribution is 4.96. The molecule has 0 bridgehead atoms. The smallest absolute Gasteiger partial charge is 0.0266 e. The molecule has 2 rings (SSSR count). The molecule has 76 valence electrons. The maximum atomic E-state index is 2.69. The van der Waals surface area contributed by atoms with Crippen LogP contribution in [-0.2, 0) is 0 Å². The number of nitrogens with zero attached hydrogens (tertiary/aromatic N) is 2. The standard InChI is InChI=1S/C11H22N2/c1-4-12-7-10-5-6-13(9(2)3)11(10)8-12/h9-11H,4-8H2,1-3H3/t10-,11+/m0/s1. The van der Waals surface area contributed by atoms with Crippen LogP contribution in [0.25, 0.3) is 0 Å². The Labute approximate surface area is 81.9 Å². The molecule has 2 heterocycles. The Morgan fingerprint density at radius 1 is 1.31 bits per heavy atom. The zero-order chi connectivity index (χ0) is 9.42. The van der Waals surface area contributed by atoms with E-state index in [1.807, 2.05) is 0 Å². The average molecular weight is 182 g/mol. The van der Waals surface area contributed by atoms with Crippen LogP contribution in [0.1, 0.15) is 27.2 Å². The van der Waals surface area contributed by atoms with Crippen molar-refractivity contribution in [1.82, 2.24) is 9.80 Å². The first kappa shape index (κ1) is 9.47. The lowest BCUT2D eigenvalue weighted by molar-refractivity contribution is 0.187. The molecule has 2 nitrogen and oxygen atoms in total. The molecule has 2 atom stereocenters. The molecule has 0 N–H and O–H groups in total. The quantitative estimate of drug-likeness (QED) is 0.637. The molecule has 0 spiro atoms. The van der Waals surface area contributed by atoms with Crippen molar-refractivity contribution < 1.29 is 0 Å². The molecule has 0 unspecified atom stereocenters. The van der Waals surface area contributed by atoms with E-state index < -0.39 is 0 Å². The summed E-state index contributed by atoms with van der Waals surface area (Å²) in [5.41, 5.74) is 0. The van der Waals surface area contributed by atoms with Crippen LogP contribution in [0.3, 0.4) is 0 Å². The molecule has 2 saturated heterocycles. The van der Waals surface area contributed by atoms with Gasteiger partial charge in [-0.05, 0) is 39.3 Å². The van der Waals surface area contributed by atoms with Gasteiger partial charge in [0.2, 0.25) is 0 Å². The van der Waals surface area contributed by atoms with Crippen LogP contribution < -0.4 is 0 Å². The minimum atomic E-state index is 0.742. The summed E-state index contributed by atoms with van der Waals surface area (Å²) < 4.78 is 0. The second kappa shape index (κ2) is 3.58. The summed E-state index contributed by atoms with van der Waals surface area (Å²) in [6, 6.07) is 1.62. The summed E-state index contributed by atoms with van der Waals surface area (Å²) >= 11 is 0. The minimum absolute atomic E-state index is 0.742. The number of hydrogen-bond donors (Lipinski definition) is 0. The summed E-state index contributed by atoms with van der Waals surface area (Å²) in [4.78, 5) is 5.30. The normalized spacial score (nSPS) is 36.0. The number of fused-ring (bicyclic) bond motifs is 1. The van der Waals surface area contributed by atoms with Crippen LogP contribution in [0, 0.1) is 5.92 Å². The van der Waals surface area contributed by atoms with Gasteiger partial charge in [-0.3, -0.25) is 4.90 Å². The maximum absolute atomic E-state index is 2.69. The van der Waals surface area contributed by atoms with Gasteiger partial charge in [-0.1, -0.05) is 6.92 Å². The van der Waals surface area contributed by atoms with Gasteiger partial charge in [0, 0.05) is 25.2 Å². The van der Waals surface area contributed by atoms with Crippen molar-refractivity contribution >= 4 is 0 Å². The minimum Gasteiger partial charge on any atom is -0.302 e. The Hall–Kier alpha value is -0.0800. The monoisotopic (exact) mass is 182 g/mol. The van der Waals surface area contributed by atoms with Gasteiger partial charge in [-0.15, -0.1) is 0 Å². The SMILES string of the molecule is CCN1C[C@@H]2CCN(C(C)C)[C@@H]2C1. The zero-order valence-electron chi connectivity index (χ0n) is 9.16. The number of hydrogen-bond acceptors (Lipinski definition) is 2. The first-order valence-corrected chi connectivity index (χ1v) is 5.70. The zero-order valence-corrected chi connectivity index (χ0v) is 9.16. The van der Waals surface area contributed by atoms with Crippen LogP contribution in [-0.4, -0.2) is 48.1 Å². The van der Waals surface area contributed by atoms with Crippen molar-refractivity contribution in [3.05, 3.63) is 0 Å². The second-order valence-corrected chi connectivity index (χ2v) is 4.80. The molecule has 2 aliphatic heterocycles. The summed E-state index contributed by atoms with van der Waals surface area (Å²) in [6.45, 7) is 12.2. The van der Waals surface area contributed by atoms with Crippen molar-refractivity contribution in [2.75, 3.05) is 26.2 Å². The average Bonchev–Trinajstić information content (AvgIpc) is 2.59. The molecule has 0 saturated carbocycles. The van der Waals surface area contributed by atoms with E-state index >= 15 is 0 Å². The Morgan fingerprint density at radius 3 is 2.69 bits per heavy atom.